The van der Waals surface area contributed by atoms with E-state index in [2.05, 4.69) is 5.32 Å². The maximum atomic E-state index is 13.6. The summed E-state index contributed by atoms with van der Waals surface area (Å²) in [4.78, 5) is 12.5. The van der Waals surface area contributed by atoms with Gasteiger partial charge < -0.3 is 14.8 Å². The molecule has 0 saturated carbocycles. The molecule has 0 aliphatic heterocycles. The number of rotatable bonds is 9. The highest BCUT2D eigenvalue weighted by molar-refractivity contribution is 7.92. The van der Waals surface area contributed by atoms with Gasteiger partial charge in [-0.3, -0.25) is 9.10 Å². The van der Waals surface area contributed by atoms with E-state index in [9.17, 15) is 22.0 Å². The fourth-order valence-electron chi connectivity index (χ4n) is 2.94. The molecule has 0 heterocycles. The number of nitrogens with one attached hydrogen (secondary N) is 1. The number of benzene rings is 2. The molecule has 1 atom stereocenters. The summed E-state index contributed by atoms with van der Waals surface area (Å²) in [7, 11) is -0.888. The molecular formula is C20H24F2N2O5S. The number of amides is 1. The Balaban J connectivity index is 2.10. The van der Waals surface area contributed by atoms with Crippen LogP contribution >= 0.6 is 0 Å². The minimum Gasteiger partial charge on any atom is -0.493 e. The van der Waals surface area contributed by atoms with Crippen LogP contribution in [0.1, 0.15) is 12.5 Å². The maximum absolute atomic E-state index is 13.6. The Morgan fingerprint density at radius 1 is 1.07 bits per heavy atom. The van der Waals surface area contributed by atoms with Gasteiger partial charge in [0.05, 0.1) is 26.2 Å². The van der Waals surface area contributed by atoms with Crippen molar-refractivity contribution in [1.29, 1.82) is 0 Å². The van der Waals surface area contributed by atoms with Gasteiger partial charge in [0.1, 0.15) is 6.04 Å². The van der Waals surface area contributed by atoms with Crippen molar-refractivity contribution in [2.24, 2.45) is 0 Å². The summed E-state index contributed by atoms with van der Waals surface area (Å²) in [5.74, 6) is -1.77. The highest BCUT2D eigenvalue weighted by atomic mass is 32.2. The van der Waals surface area contributed by atoms with Crippen molar-refractivity contribution in [3.8, 4) is 11.5 Å². The number of sulfonamides is 1. The summed E-state index contributed by atoms with van der Waals surface area (Å²) in [6.45, 7) is 1.60. The maximum Gasteiger partial charge on any atom is 0.243 e. The molecule has 0 saturated heterocycles. The molecule has 1 N–H and O–H groups in total. The van der Waals surface area contributed by atoms with Crippen LogP contribution in [0.15, 0.2) is 36.4 Å². The molecule has 1 amide bonds. The first-order valence-corrected chi connectivity index (χ1v) is 10.9. The number of ether oxygens (including phenoxy) is 2. The third kappa shape index (κ3) is 5.59. The van der Waals surface area contributed by atoms with Gasteiger partial charge in [0.25, 0.3) is 0 Å². The molecule has 0 aliphatic carbocycles. The predicted molar refractivity (Wildman–Crippen MR) is 109 cm³/mol. The van der Waals surface area contributed by atoms with Gasteiger partial charge in [0.15, 0.2) is 23.1 Å². The number of anilines is 1. The first-order valence-electron chi connectivity index (χ1n) is 9.01. The van der Waals surface area contributed by atoms with Gasteiger partial charge in [-0.05, 0) is 43.2 Å². The minimum atomic E-state index is -3.93. The van der Waals surface area contributed by atoms with Crippen LogP contribution in [0.25, 0.3) is 0 Å². The number of halogens is 2. The van der Waals surface area contributed by atoms with Crippen LogP contribution in [0.4, 0.5) is 14.5 Å². The average Bonchev–Trinajstić information content (AvgIpc) is 2.69. The molecule has 0 aliphatic rings. The molecule has 164 valence electrons. The van der Waals surface area contributed by atoms with Gasteiger partial charge in [0.2, 0.25) is 15.9 Å². The second-order valence-electron chi connectivity index (χ2n) is 6.56. The van der Waals surface area contributed by atoms with Crippen LogP contribution < -0.4 is 19.1 Å². The highest BCUT2D eigenvalue weighted by Crippen LogP contribution is 2.27. The lowest BCUT2D eigenvalue weighted by atomic mass is 10.1. The van der Waals surface area contributed by atoms with E-state index in [1.165, 1.54) is 21.1 Å². The van der Waals surface area contributed by atoms with Gasteiger partial charge >= 0.3 is 0 Å². The van der Waals surface area contributed by atoms with Gasteiger partial charge in [0, 0.05) is 12.6 Å². The van der Waals surface area contributed by atoms with Crippen molar-refractivity contribution in [3.63, 3.8) is 0 Å². The zero-order valence-corrected chi connectivity index (χ0v) is 17.9. The summed E-state index contributed by atoms with van der Waals surface area (Å²) in [5.41, 5.74) is 0.736. The van der Waals surface area contributed by atoms with Crippen LogP contribution in [-0.2, 0) is 21.2 Å². The minimum absolute atomic E-state index is 0.140. The summed E-state index contributed by atoms with van der Waals surface area (Å²) in [6, 6.07) is 6.82. The third-order valence-electron chi connectivity index (χ3n) is 4.41. The van der Waals surface area contributed by atoms with Crippen molar-refractivity contribution in [1.82, 2.24) is 5.32 Å². The molecule has 2 aromatic carbocycles. The van der Waals surface area contributed by atoms with Crippen LogP contribution in [0, 0.1) is 11.6 Å². The second-order valence-corrected chi connectivity index (χ2v) is 8.42. The number of carbonyl (C=O) groups excluding carboxylic acids is 1. The van der Waals surface area contributed by atoms with Crippen LogP contribution in [0.3, 0.4) is 0 Å². The third-order valence-corrected chi connectivity index (χ3v) is 5.65. The zero-order valence-electron chi connectivity index (χ0n) is 17.1. The first-order chi connectivity index (χ1) is 14.1. The lowest BCUT2D eigenvalue weighted by Gasteiger charge is -2.28. The Hall–Kier alpha value is -2.88. The molecule has 10 heteroatoms. The predicted octanol–water partition coefficient (Wildman–Crippen LogP) is 2.50. The molecule has 2 rings (SSSR count). The summed E-state index contributed by atoms with van der Waals surface area (Å²) < 4.78 is 62.4. The Kier molecular flexibility index (Phi) is 7.60. The Morgan fingerprint density at radius 3 is 2.30 bits per heavy atom. The first kappa shape index (κ1) is 23.4. The van der Waals surface area contributed by atoms with Crippen molar-refractivity contribution in [2.75, 3.05) is 31.3 Å². The average molecular weight is 442 g/mol. The molecule has 0 radical (unpaired) electrons. The quantitative estimate of drug-likeness (QED) is 0.645. The lowest BCUT2D eigenvalue weighted by Crippen LogP contribution is -2.48. The standard InChI is InChI=1S/C20H24F2N2O5S/c1-13(24(30(4,26)27)15-6-7-16(21)17(22)12-15)20(25)23-10-9-14-5-8-18(28-2)19(11-14)29-3/h5-8,11-13H,9-10H2,1-4H3,(H,23,25)/t13-/m1/s1. The molecule has 2 aromatic rings. The van der Waals surface area contributed by atoms with Gasteiger partial charge in [-0.1, -0.05) is 6.07 Å². The van der Waals surface area contributed by atoms with Crippen molar-refractivity contribution >= 4 is 21.6 Å². The fourth-order valence-corrected chi connectivity index (χ4v) is 4.11. The van der Waals surface area contributed by atoms with E-state index in [1.54, 1.807) is 12.1 Å². The van der Waals surface area contributed by atoms with Crippen LogP contribution in [-0.4, -0.2) is 47.4 Å². The van der Waals surface area contributed by atoms with Gasteiger partial charge in [-0.15, -0.1) is 0 Å². The number of methoxy groups -OCH3 is 2. The molecule has 7 nitrogen and oxygen atoms in total. The van der Waals surface area contributed by atoms with E-state index in [1.807, 2.05) is 6.07 Å². The summed E-state index contributed by atoms with van der Waals surface area (Å²) in [5, 5.41) is 2.66. The molecule has 30 heavy (non-hydrogen) atoms. The Bertz CT molecular complexity index is 1010. The number of hydrogen-bond acceptors (Lipinski definition) is 5. The van der Waals surface area contributed by atoms with Crippen LogP contribution in [0.2, 0.25) is 0 Å². The smallest absolute Gasteiger partial charge is 0.243 e. The van der Waals surface area contributed by atoms with E-state index in [4.69, 9.17) is 9.47 Å². The van der Waals surface area contributed by atoms with E-state index < -0.39 is 33.6 Å². The Labute approximate surface area is 174 Å². The van der Waals surface area contributed by atoms with E-state index >= 15 is 0 Å². The van der Waals surface area contributed by atoms with Crippen molar-refractivity contribution in [2.45, 2.75) is 19.4 Å². The highest BCUT2D eigenvalue weighted by Gasteiger charge is 2.29. The van der Waals surface area contributed by atoms with E-state index in [0.717, 1.165) is 34.3 Å². The monoisotopic (exact) mass is 442 g/mol. The molecule has 0 bridgehead atoms. The molecule has 0 spiro atoms. The Morgan fingerprint density at radius 2 is 1.73 bits per heavy atom. The summed E-state index contributed by atoms with van der Waals surface area (Å²) in [6.07, 6.45) is 1.35. The lowest BCUT2D eigenvalue weighted by molar-refractivity contribution is -0.121. The second kappa shape index (κ2) is 9.75. The van der Waals surface area contributed by atoms with E-state index in [-0.39, 0.29) is 12.2 Å². The summed E-state index contributed by atoms with van der Waals surface area (Å²) >= 11 is 0. The van der Waals surface area contributed by atoms with Gasteiger partial charge in [-0.2, -0.15) is 0 Å². The van der Waals surface area contributed by atoms with E-state index in [0.29, 0.717) is 17.9 Å². The van der Waals surface area contributed by atoms with Crippen molar-refractivity contribution in [3.05, 3.63) is 53.6 Å². The molecular weight excluding hydrogens is 418 g/mol. The zero-order chi connectivity index (χ0) is 22.5. The normalized spacial score (nSPS) is 12.2. The molecule has 0 fully saturated rings. The topological polar surface area (TPSA) is 84.9 Å². The van der Waals surface area contributed by atoms with Crippen molar-refractivity contribution < 1.29 is 31.5 Å². The SMILES string of the molecule is COc1ccc(CCNC(=O)[C@@H](C)N(c2ccc(F)c(F)c2)S(C)(=O)=O)cc1OC. The number of carbonyl (C=O) groups is 1. The van der Waals surface area contributed by atoms with Crippen LogP contribution in [0.5, 0.6) is 11.5 Å². The molecule has 0 aromatic heterocycles. The number of hydrogen-bond donors (Lipinski definition) is 1. The molecule has 0 unspecified atom stereocenters. The largest absolute Gasteiger partial charge is 0.493 e. The van der Waals surface area contributed by atoms with Gasteiger partial charge in [-0.25, -0.2) is 17.2 Å². The number of nitrogens with zero attached hydrogens (tertiary/aromatic N) is 1. The fraction of sp³-hybridized carbons (Fsp3) is 0.350.